The molecule has 2 aromatic rings. The van der Waals surface area contributed by atoms with E-state index >= 15 is 0 Å². The van der Waals surface area contributed by atoms with Gasteiger partial charge in [0.25, 0.3) is 0 Å². The van der Waals surface area contributed by atoms with Crippen molar-refractivity contribution in [2.45, 2.75) is 18.9 Å². The largest absolute Gasteiger partial charge is 0.497 e. The minimum Gasteiger partial charge on any atom is -0.497 e. The first kappa shape index (κ1) is 22.1. The number of benzene rings is 2. The van der Waals surface area contributed by atoms with Gasteiger partial charge in [-0.2, -0.15) is 0 Å². The molecule has 7 nitrogen and oxygen atoms in total. The van der Waals surface area contributed by atoms with Gasteiger partial charge in [-0.15, -0.1) is 0 Å². The monoisotopic (exact) mass is 398 g/mol. The van der Waals surface area contributed by atoms with Gasteiger partial charge >= 0.3 is 11.9 Å². The maximum atomic E-state index is 9.10. The first-order valence-corrected chi connectivity index (χ1v) is 9.23. The highest BCUT2D eigenvalue weighted by Crippen LogP contribution is 2.26. The minimum absolute atomic E-state index is 0.341. The molecule has 1 heterocycles. The predicted octanol–water partition coefficient (Wildman–Crippen LogP) is 2.56. The molecule has 2 aromatic carbocycles. The normalized spacial score (nSPS) is 14.9. The number of methoxy groups -OCH3 is 1. The first-order chi connectivity index (χ1) is 13.8. The smallest absolute Gasteiger partial charge is 0.414 e. The van der Waals surface area contributed by atoms with Crippen molar-refractivity contribution in [3.8, 4) is 5.75 Å². The minimum atomic E-state index is -1.82. The molecular weight excluding hydrogens is 372 g/mol. The standard InChI is InChI=1S/C20H24N2O.C2H2O4/c1-22(2)12-11-17-13-15-7-4-5-10-19(15)20(21-17)16-8-6-9-18(14-16)23-3;3-1(4)2(5)6/h4-10,14,17H,11-13H2,1-3H3;(H,3,4)(H,5,6). The summed E-state index contributed by atoms with van der Waals surface area (Å²) in [6.45, 7) is 1.06. The van der Waals surface area contributed by atoms with Crippen LogP contribution in [0.2, 0.25) is 0 Å². The van der Waals surface area contributed by atoms with E-state index in [9.17, 15) is 0 Å². The van der Waals surface area contributed by atoms with E-state index < -0.39 is 11.9 Å². The predicted molar refractivity (Wildman–Crippen MR) is 111 cm³/mol. The Hall–Kier alpha value is -3.19. The lowest BCUT2D eigenvalue weighted by atomic mass is 9.89. The van der Waals surface area contributed by atoms with Crippen molar-refractivity contribution in [2.75, 3.05) is 27.7 Å². The molecule has 0 aliphatic carbocycles. The van der Waals surface area contributed by atoms with Crippen LogP contribution in [0.1, 0.15) is 23.1 Å². The van der Waals surface area contributed by atoms with Gasteiger partial charge in [-0.25, -0.2) is 9.59 Å². The van der Waals surface area contributed by atoms with Crippen molar-refractivity contribution in [3.63, 3.8) is 0 Å². The first-order valence-electron chi connectivity index (χ1n) is 9.23. The number of carbonyl (C=O) groups is 2. The van der Waals surface area contributed by atoms with Crippen molar-refractivity contribution < 1.29 is 24.5 Å². The molecule has 0 saturated carbocycles. The number of ether oxygens (including phenoxy) is 1. The Morgan fingerprint density at radius 2 is 1.79 bits per heavy atom. The van der Waals surface area contributed by atoms with E-state index in [0.717, 1.165) is 36.4 Å². The van der Waals surface area contributed by atoms with Crippen LogP contribution in [0, 0.1) is 0 Å². The number of aliphatic carboxylic acids is 2. The third-order valence-corrected chi connectivity index (χ3v) is 4.48. The fourth-order valence-corrected chi connectivity index (χ4v) is 3.06. The molecule has 0 aromatic heterocycles. The summed E-state index contributed by atoms with van der Waals surface area (Å²) in [6, 6.07) is 17.2. The number of aliphatic imine (C=N–C) groups is 1. The number of hydrogen-bond donors (Lipinski definition) is 2. The number of carboxylic acid groups (broad SMARTS) is 2. The summed E-state index contributed by atoms with van der Waals surface area (Å²) < 4.78 is 5.38. The van der Waals surface area contributed by atoms with Crippen molar-refractivity contribution in [2.24, 2.45) is 4.99 Å². The van der Waals surface area contributed by atoms with E-state index in [-0.39, 0.29) is 0 Å². The molecular formula is C22H26N2O5. The molecule has 154 valence electrons. The van der Waals surface area contributed by atoms with Gasteiger partial charge in [-0.3, -0.25) is 4.99 Å². The van der Waals surface area contributed by atoms with Crippen LogP contribution in [0.3, 0.4) is 0 Å². The third-order valence-electron chi connectivity index (χ3n) is 4.48. The average Bonchev–Trinajstić information content (AvgIpc) is 2.72. The number of carboxylic acids is 2. The maximum absolute atomic E-state index is 9.10. The summed E-state index contributed by atoms with van der Waals surface area (Å²) in [5, 5.41) is 14.8. The number of rotatable bonds is 5. The van der Waals surface area contributed by atoms with E-state index in [1.165, 1.54) is 11.1 Å². The van der Waals surface area contributed by atoms with E-state index in [2.05, 4.69) is 55.4 Å². The Morgan fingerprint density at radius 3 is 2.41 bits per heavy atom. The fraction of sp³-hybridized carbons (Fsp3) is 0.318. The number of fused-ring (bicyclic) bond motifs is 1. The molecule has 3 rings (SSSR count). The second-order valence-electron chi connectivity index (χ2n) is 6.93. The van der Waals surface area contributed by atoms with Crippen LogP contribution in [0.25, 0.3) is 0 Å². The van der Waals surface area contributed by atoms with Gasteiger partial charge in [0.15, 0.2) is 0 Å². The van der Waals surface area contributed by atoms with Gasteiger partial charge in [-0.1, -0.05) is 36.4 Å². The molecule has 0 bridgehead atoms. The molecule has 1 aliphatic heterocycles. The van der Waals surface area contributed by atoms with Crippen LogP contribution in [0.4, 0.5) is 0 Å². The van der Waals surface area contributed by atoms with E-state index in [1.54, 1.807) is 7.11 Å². The zero-order valence-corrected chi connectivity index (χ0v) is 16.8. The topological polar surface area (TPSA) is 99.4 Å². The fourth-order valence-electron chi connectivity index (χ4n) is 3.06. The van der Waals surface area contributed by atoms with E-state index in [1.807, 2.05) is 12.1 Å². The summed E-state index contributed by atoms with van der Waals surface area (Å²) in [5.74, 6) is -2.77. The van der Waals surface area contributed by atoms with Gasteiger partial charge < -0.3 is 19.8 Å². The van der Waals surface area contributed by atoms with Gasteiger partial charge in [-0.05, 0) is 51.2 Å². The van der Waals surface area contributed by atoms with Crippen molar-refractivity contribution in [1.82, 2.24) is 4.90 Å². The highest BCUT2D eigenvalue weighted by Gasteiger charge is 2.22. The highest BCUT2D eigenvalue weighted by atomic mass is 16.5. The molecule has 0 radical (unpaired) electrons. The quantitative estimate of drug-likeness (QED) is 0.751. The van der Waals surface area contributed by atoms with Gasteiger partial charge in [0.1, 0.15) is 5.75 Å². The summed E-state index contributed by atoms with van der Waals surface area (Å²) >= 11 is 0. The summed E-state index contributed by atoms with van der Waals surface area (Å²) in [5.41, 5.74) is 4.87. The molecule has 29 heavy (non-hydrogen) atoms. The Kier molecular flexibility index (Phi) is 7.91. The van der Waals surface area contributed by atoms with Crippen molar-refractivity contribution in [1.29, 1.82) is 0 Å². The molecule has 1 unspecified atom stereocenters. The number of hydrogen-bond acceptors (Lipinski definition) is 5. The zero-order valence-electron chi connectivity index (χ0n) is 16.8. The van der Waals surface area contributed by atoms with Crippen LogP contribution in [0.15, 0.2) is 53.5 Å². The van der Waals surface area contributed by atoms with Crippen LogP contribution < -0.4 is 4.74 Å². The van der Waals surface area contributed by atoms with Crippen LogP contribution >= 0.6 is 0 Å². The lowest BCUT2D eigenvalue weighted by molar-refractivity contribution is -0.159. The Labute approximate surface area is 170 Å². The Morgan fingerprint density at radius 1 is 1.10 bits per heavy atom. The molecule has 0 spiro atoms. The summed E-state index contributed by atoms with van der Waals surface area (Å²) in [4.78, 5) is 25.5. The van der Waals surface area contributed by atoms with Gasteiger partial charge in [0.05, 0.1) is 18.9 Å². The van der Waals surface area contributed by atoms with E-state index in [4.69, 9.17) is 29.5 Å². The van der Waals surface area contributed by atoms with Crippen LogP contribution in [-0.2, 0) is 16.0 Å². The second kappa shape index (κ2) is 10.4. The summed E-state index contributed by atoms with van der Waals surface area (Å²) in [6.07, 6.45) is 2.10. The average molecular weight is 398 g/mol. The SMILES string of the molecule is COc1cccc(C2=NC(CCN(C)C)Cc3ccccc32)c1.O=C(O)C(=O)O. The van der Waals surface area contributed by atoms with Gasteiger partial charge in [0, 0.05) is 11.1 Å². The summed E-state index contributed by atoms with van der Waals surface area (Å²) in [7, 11) is 5.93. The highest BCUT2D eigenvalue weighted by molar-refractivity contribution is 6.27. The van der Waals surface area contributed by atoms with E-state index in [0.29, 0.717) is 6.04 Å². The lowest BCUT2D eigenvalue weighted by Crippen LogP contribution is -2.25. The third kappa shape index (κ3) is 6.43. The molecule has 1 atom stereocenters. The molecule has 0 fully saturated rings. The maximum Gasteiger partial charge on any atom is 0.414 e. The van der Waals surface area contributed by atoms with Crippen molar-refractivity contribution in [3.05, 3.63) is 65.2 Å². The van der Waals surface area contributed by atoms with Crippen molar-refractivity contribution >= 4 is 17.7 Å². The molecule has 2 N–H and O–H groups in total. The second-order valence-corrected chi connectivity index (χ2v) is 6.93. The molecule has 0 amide bonds. The Bertz CT molecular complexity index is 880. The molecule has 0 saturated heterocycles. The zero-order chi connectivity index (χ0) is 21.4. The lowest BCUT2D eigenvalue weighted by Gasteiger charge is -2.25. The molecule has 1 aliphatic rings. The van der Waals surface area contributed by atoms with Crippen LogP contribution in [0.5, 0.6) is 5.75 Å². The molecule has 7 heteroatoms. The van der Waals surface area contributed by atoms with Crippen LogP contribution in [-0.4, -0.2) is 66.6 Å². The van der Waals surface area contributed by atoms with Gasteiger partial charge in [0.2, 0.25) is 0 Å². The Balaban J connectivity index is 0.000000438. The number of nitrogens with zero attached hydrogens (tertiary/aromatic N) is 2.